The zero-order valence-corrected chi connectivity index (χ0v) is 16.1. The number of aryl methyl sites for hydroxylation is 1. The second-order valence-corrected chi connectivity index (χ2v) is 8.08. The van der Waals surface area contributed by atoms with E-state index >= 15 is 0 Å². The third-order valence-corrected chi connectivity index (χ3v) is 6.27. The average Bonchev–Trinajstić information content (AvgIpc) is 3.25. The molecule has 1 saturated heterocycles. The quantitative estimate of drug-likeness (QED) is 0.741. The van der Waals surface area contributed by atoms with Crippen LogP contribution in [0.15, 0.2) is 30.7 Å². The predicted octanol–water partition coefficient (Wildman–Crippen LogP) is 3.77. The molecule has 0 spiro atoms. The van der Waals surface area contributed by atoms with Gasteiger partial charge in [-0.05, 0) is 31.0 Å². The number of thiazole rings is 1. The fraction of sp³-hybridized carbons (Fsp3) is 0.389. The van der Waals surface area contributed by atoms with Gasteiger partial charge in [0, 0.05) is 37.3 Å². The van der Waals surface area contributed by atoms with Crippen LogP contribution in [-0.4, -0.2) is 38.6 Å². The van der Waals surface area contributed by atoms with Crippen LogP contribution in [-0.2, 0) is 13.6 Å². The van der Waals surface area contributed by atoms with Gasteiger partial charge in [-0.25, -0.2) is 14.8 Å². The Morgan fingerprint density at radius 3 is 2.92 bits per heavy atom. The molecule has 1 aliphatic rings. The van der Waals surface area contributed by atoms with E-state index in [2.05, 4.69) is 10.3 Å². The lowest BCUT2D eigenvalue weighted by Crippen LogP contribution is -2.44. The lowest BCUT2D eigenvalue weighted by Gasteiger charge is -2.31. The van der Waals surface area contributed by atoms with E-state index in [1.54, 1.807) is 23.9 Å². The maximum absolute atomic E-state index is 12.4. The van der Waals surface area contributed by atoms with Gasteiger partial charge in [0.1, 0.15) is 0 Å². The van der Waals surface area contributed by atoms with Gasteiger partial charge >= 0.3 is 6.03 Å². The molecule has 1 fully saturated rings. The maximum atomic E-state index is 12.4. The molecule has 3 heterocycles. The largest absolute Gasteiger partial charge is 0.336 e. The number of nitrogens with one attached hydrogen (secondary N) is 1. The summed E-state index contributed by atoms with van der Waals surface area (Å²) in [4.78, 5) is 23.1. The molecule has 0 bridgehead atoms. The van der Waals surface area contributed by atoms with Gasteiger partial charge in [0.15, 0.2) is 0 Å². The molecule has 6 nitrogen and oxygen atoms in total. The number of likely N-dealkylation sites (tertiary alicyclic amines) is 1. The molecule has 0 aliphatic carbocycles. The Labute approximate surface area is 160 Å². The third-order valence-electron chi connectivity index (χ3n) is 4.83. The maximum Gasteiger partial charge on any atom is 0.317 e. The number of piperidine rings is 1. The minimum atomic E-state index is -0.0132. The van der Waals surface area contributed by atoms with Crippen molar-refractivity contribution in [1.29, 1.82) is 0 Å². The fourth-order valence-electron chi connectivity index (χ4n) is 3.26. The van der Waals surface area contributed by atoms with Crippen LogP contribution in [0.2, 0.25) is 5.02 Å². The Kier molecular flexibility index (Phi) is 4.82. The second-order valence-electron chi connectivity index (χ2n) is 6.58. The zero-order chi connectivity index (χ0) is 18.1. The van der Waals surface area contributed by atoms with E-state index < -0.39 is 0 Å². The molecule has 2 amide bonds. The summed E-state index contributed by atoms with van der Waals surface area (Å²) in [6.07, 6.45) is 5.38. The molecule has 136 valence electrons. The third kappa shape index (κ3) is 3.54. The SMILES string of the molecule is Cn1cncc1CNC(=O)N1CCC(c2nc3cc(Cl)ccc3s2)CC1. The Hall–Kier alpha value is -2.12. The number of fused-ring (bicyclic) bond motifs is 1. The lowest BCUT2D eigenvalue weighted by atomic mass is 9.98. The van der Waals surface area contributed by atoms with Gasteiger partial charge in [-0.3, -0.25) is 0 Å². The standard InChI is InChI=1S/C18H20ClN5OS/c1-23-11-20-9-14(23)10-21-18(25)24-6-4-12(5-7-24)17-22-15-8-13(19)2-3-16(15)26-17/h2-3,8-9,11-12H,4-7,10H2,1H3,(H,21,25). The van der Waals surface area contributed by atoms with Crippen molar-refractivity contribution in [3.63, 3.8) is 0 Å². The Bertz CT molecular complexity index is 929. The molecule has 2 aromatic heterocycles. The number of aromatic nitrogens is 3. The summed E-state index contributed by atoms with van der Waals surface area (Å²) in [7, 11) is 1.92. The highest BCUT2D eigenvalue weighted by atomic mass is 35.5. The first-order valence-electron chi connectivity index (χ1n) is 8.64. The zero-order valence-electron chi connectivity index (χ0n) is 14.5. The van der Waals surface area contributed by atoms with Crippen LogP contribution in [0.4, 0.5) is 4.79 Å². The Balaban J connectivity index is 1.34. The van der Waals surface area contributed by atoms with Crippen molar-refractivity contribution in [3.8, 4) is 0 Å². The molecule has 0 atom stereocenters. The highest BCUT2D eigenvalue weighted by Crippen LogP contribution is 2.34. The van der Waals surface area contributed by atoms with Gasteiger partial charge in [0.25, 0.3) is 0 Å². The van der Waals surface area contributed by atoms with Crippen molar-refractivity contribution in [3.05, 3.63) is 46.4 Å². The van der Waals surface area contributed by atoms with Crippen LogP contribution in [0.5, 0.6) is 0 Å². The molecule has 1 aromatic carbocycles. The van der Waals surface area contributed by atoms with E-state index in [-0.39, 0.29) is 6.03 Å². The molecule has 1 N–H and O–H groups in total. The van der Waals surface area contributed by atoms with Crippen LogP contribution in [0, 0.1) is 0 Å². The molecular formula is C18H20ClN5OS. The van der Waals surface area contributed by atoms with E-state index in [0.717, 1.165) is 42.1 Å². The van der Waals surface area contributed by atoms with E-state index in [9.17, 15) is 4.79 Å². The summed E-state index contributed by atoms with van der Waals surface area (Å²) in [6, 6.07) is 5.83. The number of hydrogen-bond acceptors (Lipinski definition) is 4. The summed E-state index contributed by atoms with van der Waals surface area (Å²) < 4.78 is 3.08. The number of benzene rings is 1. The van der Waals surface area contributed by atoms with Crippen molar-refractivity contribution in [2.75, 3.05) is 13.1 Å². The predicted molar refractivity (Wildman–Crippen MR) is 104 cm³/mol. The normalized spacial score (nSPS) is 15.5. The molecule has 3 aromatic rings. The first-order valence-corrected chi connectivity index (χ1v) is 9.83. The highest BCUT2D eigenvalue weighted by molar-refractivity contribution is 7.18. The van der Waals surface area contributed by atoms with Crippen LogP contribution in [0.25, 0.3) is 10.2 Å². The summed E-state index contributed by atoms with van der Waals surface area (Å²) in [5.41, 5.74) is 1.95. The number of amides is 2. The number of rotatable bonds is 3. The van der Waals surface area contributed by atoms with Gasteiger partial charge in [0.05, 0.1) is 33.8 Å². The van der Waals surface area contributed by atoms with Gasteiger partial charge < -0.3 is 14.8 Å². The van der Waals surface area contributed by atoms with Gasteiger partial charge in [-0.15, -0.1) is 11.3 Å². The van der Waals surface area contributed by atoms with Gasteiger partial charge in [0.2, 0.25) is 0 Å². The first kappa shape index (κ1) is 17.3. The van der Waals surface area contributed by atoms with Crippen LogP contribution < -0.4 is 5.32 Å². The summed E-state index contributed by atoms with van der Waals surface area (Å²) >= 11 is 7.79. The first-order chi connectivity index (χ1) is 12.6. The van der Waals surface area contributed by atoms with Crippen molar-refractivity contribution >= 4 is 39.2 Å². The minimum Gasteiger partial charge on any atom is -0.336 e. The molecule has 26 heavy (non-hydrogen) atoms. The monoisotopic (exact) mass is 389 g/mol. The molecule has 0 unspecified atom stereocenters. The number of hydrogen-bond donors (Lipinski definition) is 1. The summed E-state index contributed by atoms with van der Waals surface area (Å²) in [5, 5.41) is 4.84. The fourth-order valence-corrected chi connectivity index (χ4v) is 4.54. The van der Waals surface area contributed by atoms with Gasteiger partial charge in [-0.2, -0.15) is 0 Å². The number of urea groups is 1. The molecule has 1 aliphatic heterocycles. The van der Waals surface area contributed by atoms with Crippen molar-refractivity contribution in [1.82, 2.24) is 24.8 Å². The summed E-state index contributed by atoms with van der Waals surface area (Å²) in [5.74, 6) is 0.410. The second kappa shape index (κ2) is 7.25. The minimum absolute atomic E-state index is 0.0132. The molecule has 0 radical (unpaired) electrons. The van der Waals surface area contributed by atoms with Crippen molar-refractivity contribution < 1.29 is 4.79 Å². The number of imidazole rings is 1. The van der Waals surface area contributed by atoms with E-state index in [1.165, 1.54) is 4.70 Å². The Morgan fingerprint density at radius 2 is 2.19 bits per heavy atom. The van der Waals surface area contributed by atoms with Crippen LogP contribution >= 0.6 is 22.9 Å². The molecule has 0 saturated carbocycles. The smallest absolute Gasteiger partial charge is 0.317 e. The van der Waals surface area contributed by atoms with Crippen LogP contribution in [0.3, 0.4) is 0 Å². The summed E-state index contributed by atoms with van der Waals surface area (Å²) in [6.45, 7) is 1.99. The molecule has 4 rings (SSSR count). The average molecular weight is 390 g/mol. The van der Waals surface area contributed by atoms with E-state index in [4.69, 9.17) is 16.6 Å². The van der Waals surface area contributed by atoms with Crippen molar-refractivity contribution in [2.45, 2.75) is 25.3 Å². The number of carbonyl (C=O) groups is 1. The molecular weight excluding hydrogens is 370 g/mol. The Morgan fingerprint density at radius 1 is 1.38 bits per heavy atom. The number of nitrogens with zero attached hydrogens (tertiary/aromatic N) is 4. The van der Waals surface area contributed by atoms with E-state index in [1.807, 2.05) is 34.7 Å². The number of carbonyl (C=O) groups excluding carboxylic acids is 1. The lowest BCUT2D eigenvalue weighted by molar-refractivity contribution is 0.180. The van der Waals surface area contributed by atoms with Gasteiger partial charge in [-0.1, -0.05) is 11.6 Å². The molecule has 8 heteroatoms. The topological polar surface area (TPSA) is 63.1 Å². The highest BCUT2D eigenvalue weighted by Gasteiger charge is 2.26. The van der Waals surface area contributed by atoms with Crippen LogP contribution in [0.1, 0.15) is 29.5 Å². The van der Waals surface area contributed by atoms with Crippen molar-refractivity contribution in [2.24, 2.45) is 7.05 Å². The van der Waals surface area contributed by atoms with E-state index in [0.29, 0.717) is 17.5 Å². The number of halogens is 1.